The first-order valence-electron chi connectivity index (χ1n) is 21.0. The Hall–Kier alpha value is -3.48. The summed E-state index contributed by atoms with van der Waals surface area (Å²) in [5.74, 6) is -0.246. The van der Waals surface area contributed by atoms with Gasteiger partial charge in [0.1, 0.15) is 0 Å². The number of rotatable bonds is 18. The topological polar surface area (TPSA) is 55.8 Å². The minimum Gasteiger partial charge on any atom is -0.399 e. The zero-order valence-electron chi connectivity index (χ0n) is 33.2. The average molecular weight is 714 g/mol. The molecule has 0 aliphatic carbocycles. The van der Waals surface area contributed by atoms with Crippen molar-refractivity contribution in [3.63, 3.8) is 0 Å². The van der Waals surface area contributed by atoms with Crippen LogP contribution in [0.4, 0.5) is 0 Å². The summed E-state index contributed by atoms with van der Waals surface area (Å²) >= 11 is 0. The molecule has 5 aromatic rings. The van der Waals surface area contributed by atoms with Gasteiger partial charge in [-0.05, 0) is 95.8 Å². The summed E-state index contributed by atoms with van der Waals surface area (Å²) in [4.78, 5) is 30.9. The number of fused-ring (bicyclic) bond motifs is 2. The van der Waals surface area contributed by atoms with Crippen LogP contribution in [0.1, 0.15) is 165 Å². The highest BCUT2D eigenvalue weighted by Crippen LogP contribution is 2.45. The fourth-order valence-electron chi connectivity index (χ4n) is 9.11. The molecular weight excluding hydrogens is 653 g/mol. The van der Waals surface area contributed by atoms with E-state index in [9.17, 15) is 9.59 Å². The van der Waals surface area contributed by atoms with E-state index in [0.29, 0.717) is 11.1 Å². The first kappa shape index (κ1) is 37.8. The molecule has 280 valence electrons. The van der Waals surface area contributed by atoms with Crippen molar-refractivity contribution in [1.29, 1.82) is 0 Å². The Labute approximate surface area is 317 Å². The summed E-state index contributed by atoms with van der Waals surface area (Å²) in [5, 5.41) is 8.47. The van der Waals surface area contributed by atoms with E-state index in [-0.39, 0.29) is 17.9 Å². The number of hydrogen-bond donors (Lipinski definition) is 0. The number of carbonyl (C=O) groups is 2. The van der Waals surface area contributed by atoms with Gasteiger partial charge in [0, 0.05) is 22.6 Å². The fourth-order valence-corrected chi connectivity index (χ4v) is 9.11. The van der Waals surface area contributed by atoms with Gasteiger partial charge < -0.3 is 9.31 Å². The van der Waals surface area contributed by atoms with Crippen molar-refractivity contribution < 1.29 is 18.9 Å². The van der Waals surface area contributed by atoms with Crippen molar-refractivity contribution in [3.05, 3.63) is 65.7 Å². The monoisotopic (exact) mass is 713 g/mol. The molecule has 0 saturated carbocycles. The van der Waals surface area contributed by atoms with Crippen molar-refractivity contribution in [1.82, 2.24) is 4.90 Å². The molecule has 0 spiro atoms. The SMILES string of the molecule is CCCCCCCCCC(CCCCCCCCC)N1C(=O)c2ccc3c4cccc5c(B6OC(C)(C)C(C)(C)O6)ccc(c6ccc(c2c36)C1=O)c54. The van der Waals surface area contributed by atoms with Crippen LogP contribution in [0.3, 0.4) is 0 Å². The third-order valence-corrected chi connectivity index (χ3v) is 12.9. The first-order valence-corrected chi connectivity index (χ1v) is 21.0. The van der Waals surface area contributed by atoms with E-state index in [0.717, 1.165) is 87.1 Å². The minimum absolute atomic E-state index is 0.0698. The highest BCUT2D eigenvalue weighted by molar-refractivity contribution is 6.66. The Morgan fingerprint density at radius 3 is 1.49 bits per heavy atom. The van der Waals surface area contributed by atoms with Gasteiger partial charge in [-0.25, -0.2) is 0 Å². The number of imide groups is 1. The maximum absolute atomic E-state index is 14.6. The molecule has 2 amide bonds. The van der Waals surface area contributed by atoms with Gasteiger partial charge in [0.2, 0.25) is 0 Å². The smallest absolute Gasteiger partial charge is 0.399 e. The molecule has 1 saturated heterocycles. The lowest BCUT2D eigenvalue weighted by atomic mass is 9.74. The molecular formula is C47H60BNO4. The lowest BCUT2D eigenvalue weighted by Gasteiger charge is -2.35. The summed E-state index contributed by atoms with van der Waals surface area (Å²) in [6.45, 7) is 12.9. The molecule has 7 rings (SSSR count). The highest BCUT2D eigenvalue weighted by Gasteiger charge is 2.52. The Kier molecular flexibility index (Phi) is 11.2. The first-order chi connectivity index (χ1) is 25.6. The molecule has 0 N–H and O–H groups in total. The van der Waals surface area contributed by atoms with Crippen LogP contribution in [0.15, 0.2) is 54.6 Å². The van der Waals surface area contributed by atoms with E-state index in [1.54, 1.807) is 4.90 Å². The van der Waals surface area contributed by atoms with Gasteiger partial charge in [0.15, 0.2) is 0 Å². The third-order valence-electron chi connectivity index (χ3n) is 12.9. The molecule has 53 heavy (non-hydrogen) atoms. The number of carbonyl (C=O) groups excluding carboxylic acids is 2. The molecule has 2 heterocycles. The van der Waals surface area contributed by atoms with Gasteiger partial charge in [-0.1, -0.05) is 146 Å². The highest BCUT2D eigenvalue weighted by atomic mass is 16.7. The predicted molar refractivity (Wildman–Crippen MR) is 223 cm³/mol. The molecule has 0 bridgehead atoms. The van der Waals surface area contributed by atoms with Crippen molar-refractivity contribution in [3.8, 4) is 0 Å². The Bertz CT molecular complexity index is 2000. The Morgan fingerprint density at radius 2 is 0.962 bits per heavy atom. The molecule has 5 aromatic carbocycles. The summed E-state index contributed by atoms with van der Waals surface area (Å²) in [6, 6.07) is 18.9. The summed E-state index contributed by atoms with van der Waals surface area (Å²) in [5.41, 5.74) is 1.46. The third kappa shape index (κ3) is 7.00. The van der Waals surface area contributed by atoms with E-state index >= 15 is 0 Å². The lowest BCUT2D eigenvalue weighted by Crippen LogP contribution is -2.47. The summed E-state index contributed by atoms with van der Waals surface area (Å²) in [6.07, 6.45) is 18.9. The quantitative estimate of drug-likeness (QED) is 0.0298. The van der Waals surface area contributed by atoms with Gasteiger partial charge >= 0.3 is 7.12 Å². The van der Waals surface area contributed by atoms with E-state index in [1.165, 1.54) is 64.2 Å². The second kappa shape index (κ2) is 15.7. The zero-order valence-corrected chi connectivity index (χ0v) is 33.2. The van der Waals surface area contributed by atoms with Gasteiger partial charge in [-0.2, -0.15) is 0 Å². The lowest BCUT2D eigenvalue weighted by molar-refractivity contribution is 0.00578. The molecule has 2 aliphatic heterocycles. The van der Waals surface area contributed by atoms with Crippen LogP contribution in [0.5, 0.6) is 0 Å². The van der Waals surface area contributed by atoms with Crippen LogP contribution < -0.4 is 5.46 Å². The summed E-state index contributed by atoms with van der Waals surface area (Å²) < 4.78 is 13.0. The molecule has 5 nitrogen and oxygen atoms in total. The van der Waals surface area contributed by atoms with Crippen molar-refractivity contribution in [2.45, 2.75) is 162 Å². The van der Waals surface area contributed by atoms with E-state index in [1.807, 2.05) is 12.1 Å². The second-order valence-corrected chi connectivity index (χ2v) is 17.0. The average Bonchev–Trinajstić information content (AvgIpc) is 3.37. The van der Waals surface area contributed by atoms with E-state index in [2.05, 4.69) is 84.0 Å². The molecule has 2 aliphatic rings. The maximum Gasteiger partial charge on any atom is 0.495 e. The van der Waals surface area contributed by atoms with Crippen LogP contribution in [0, 0.1) is 0 Å². The van der Waals surface area contributed by atoms with Crippen LogP contribution in [-0.2, 0) is 9.31 Å². The molecule has 6 heteroatoms. The van der Waals surface area contributed by atoms with Crippen molar-refractivity contribution in [2.75, 3.05) is 0 Å². The minimum atomic E-state index is -0.475. The van der Waals surface area contributed by atoms with Crippen molar-refractivity contribution in [2.24, 2.45) is 0 Å². The normalized spacial score (nSPS) is 16.9. The summed E-state index contributed by atoms with van der Waals surface area (Å²) in [7, 11) is -0.475. The standard InChI is InChI=1S/C47H60BNO4/c1-7-9-11-13-15-17-19-22-32(23-20-18-16-14-12-10-8-2)49-44(50)38-28-26-35-33-24-21-25-37-40(48-52-46(3,4)47(5,6)53-48)31-30-34(41(33)37)36-27-29-39(45(49)51)43(38)42(35)36/h21,24-32H,7-20,22-23H2,1-6H3. The number of nitrogens with zero attached hydrogens (tertiary/aromatic N) is 1. The van der Waals surface area contributed by atoms with E-state index < -0.39 is 18.3 Å². The van der Waals surface area contributed by atoms with Gasteiger partial charge in [0.05, 0.1) is 11.2 Å². The molecule has 0 aromatic heterocycles. The number of unbranched alkanes of at least 4 members (excludes halogenated alkanes) is 12. The zero-order chi connectivity index (χ0) is 37.3. The molecule has 0 unspecified atom stereocenters. The van der Waals surface area contributed by atoms with Gasteiger partial charge in [0.25, 0.3) is 11.8 Å². The van der Waals surface area contributed by atoms with Crippen LogP contribution >= 0.6 is 0 Å². The van der Waals surface area contributed by atoms with E-state index in [4.69, 9.17) is 9.31 Å². The predicted octanol–water partition coefficient (Wildman–Crippen LogP) is 12.3. The van der Waals surface area contributed by atoms with Crippen molar-refractivity contribution >= 4 is 67.5 Å². The number of amides is 2. The maximum atomic E-state index is 14.6. The number of benzene rings is 5. The molecule has 0 atom stereocenters. The van der Waals surface area contributed by atoms with Crippen LogP contribution in [0.25, 0.3) is 43.1 Å². The second-order valence-electron chi connectivity index (χ2n) is 17.0. The number of hydrogen-bond acceptors (Lipinski definition) is 4. The van der Waals surface area contributed by atoms with Gasteiger partial charge in [-0.15, -0.1) is 0 Å². The Balaban J connectivity index is 1.23. The van der Waals surface area contributed by atoms with Crippen LogP contribution in [-0.4, -0.2) is 41.1 Å². The largest absolute Gasteiger partial charge is 0.495 e. The van der Waals surface area contributed by atoms with Crippen LogP contribution in [0.2, 0.25) is 0 Å². The molecule has 0 radical (unpaired) electrons. The molecule has 1 fully saturated rings. The Morgan fingerprint density at radius 1 is 0.528 bits per heavy atom. The fraction of sp³-hybridized carbons (Fsp3) is 0.532. The van der Waals surface area contributed by atoms with Gasteiger partial charge in [-0.3, -0.25) is 14.5 Å².